The topological polar surface area (TPSA) is 23.6 Å². The smallest absolute Gasteiger partial charge is 0.254 e. The van der Waals surface area contributed by atoms with E-state index in [1.807, 2.05) is 35.2 Å². The van der Waals surface area contributed by atoms with Crippen molar-refractivity contribution in [2.45, 2.75) is 13.1 Å². The molecular weight excluding hydrogens is 456 g/mol. The number of hydrogen-bond donors (Lipinski definition) is 0. The van der Waals surface area contributed by atoms with Gasteiger partial charge in [-0.15, -0.1) is 11.3 Å². The fourth-order valence-electron chi connectivity index (χ4n) is 4.15. The predicted molar refractivity (Wildman–Crippen MR) is 128 cm³/mol. The van der Waals surface area contributed by atoms with Crippen molar-refractivity contribution < 1.29 is 4.79 Å². The second kappa shape index (κ2) is 8.25. The fourth-order valence-corrected chi connectivity index (χ4v) is 5.27. The first-order valence-electron chi connectivity index (χ1n) is 10.0. The Morgan fingerprint density at radius 3 is 2.70 bits per heavy atom. The van der Waals surface area contributed by atoms with Crippen molar-refractivity contribution in [3.63, 3.8) is 0 Å². The van der Waals surface area contributed by atoms with E-state index in [0.29, 0.717) is 13.1 Å². The second-order valence-corrected chi connectivity index (χ2v) is 9.48. The number of benzene rings is 3. The van der Waals surface area contributed by atoms with Gasteiger partial charge in [-0.1, -0.05) is 58.4 Å². The Morgan fingerprint density at radius 1 is 0.967 bits per heavy atom. The second-order valence-electron chi connectivity index (χ2n) is 7.53. The molecule has 0 aliphatic carbocycles. The largest absolute Gasteiger partial charge is 0.364 e. The summed E-state index contributed by atoms with van der Waals surface area (Å²) in [6.07, 6.45) is 0. The van der Waals surface area contributed by atoms with Crippen LogP contribution in [0.25, 0.3) is 10.8 Å². The third-order valence-corrected chi connectivity index (χ3v) is 6.97. The Balaban J connectivity index is 1.50. The van der Waals surface area contributed by atoms with E-state index in [2.05, 4.69) is 68.7 Å². The summed E-state index contributed by atoms with van der Waals surface area (Å²) in [6, 6.07) is 24.7. The SMILES string of the molecule is O=C(c1cccc2ccccc12)N1CCN(Cc2cccs2)c2ccc(Br)cc2C1. The van der Waals surface area contributed by atoms with Crippen LogP contribution in [0.15, 0.2) is 82.6 Å². The average molecular weight is 477 g/mol. The first-order chi connectivity index (χ1) is 14.7. The van der Waals surface area contributed by atoms with Crippen LogP contribution in [-0.2, 0) is 13.1 Å². The standard InChI is InChI=1S/C25H21BrN2OS/c26-20-10-11-24-19(15-20)16-28(13-12-27(24)17-21-7-4-14-30-21)25(29)23-9-3-6-18-5-1-2-8-22(18)23/h1-11,14-15H,12-13,16-17H2. The zero-order chi connectivity index (χ0) is 20.5. The van der Waals surface area contributed by atoms with Crippen LogP contribution in [0.4, 0.5) is 5.69 Å². The number of thiophene rings is 1. The molecule has 0 saturated carbocycles. The highest BCUT2D eigenvalue weighted by atomic mass is 79.9. The number of hydrogen-bond acceptors (Lipinski definition) is 3. The van der Waals surface area contributed by atoms with Gasteiger partial charge < -0.3 is 9.80 Å². The summed E-state index contributed by atoms with van der Waals surface area (Å²) in [5, 5.41) is 4.23. The Bertz CT molecular complexity index is 1200. The van der Waals surface area contributed by atoms with Crippen LogP contribution in [-0.4, -0.2) is 23.9 Å². The lowest BCUT2D eigenvalue weighted by molar-refractivity contribution is 0.0753. The van der Waals surface area contributed by atoms with Crippen LogP contribution in [0.5, 0.6) is 0 Å². The third kappa shape index (κ3) is 3.75. The molecule has 1 aliphatic heterocycles. The van der Waals surface area contributed by atoms with Crippen molar-refractivity contribution in [1.29, 1.82) is 0 Å². The molecule has 3 aromatic carbocycles. The van der Waals surface area contributed by atoms with Gasteiger partial charge in [0.25, 0.3) is 5.91 Å². The predicted octanol–water partition coefficient (Wildman–Crippen LogP) is 6.33. The molecular formula is C25H21BrN2OS. The van der Waals surface area contributed by atoms with Crippen LogP contribution in [0, 0.1) is 0 Å². The van der Waals surface area contributed by atoms with Gasteiger partial charge in [-0.2, -0.15) is 0 Å². The molecule has 0 bridgehead atoms. The van der Waals surface area contributed by atoms with Crippen LogP contribution in [0.2, 0.25) is 0 Å². The number of amides is 1. The maximum absolute atomic E-state index is 13.6. The highest BCUT2D eigenvalue weighted by Gasteiger charge is 2.25. The minimum atomic E-state index is 0.0932. The van der Waals surface area contributed by atoms with E-state index >= 15 is 0 Å². The van der Waals surface area contributed by atoms with Gasteiger partial charge in [0.15, 0.2) is 0 Å². The lowest BCUT2D eigenvalue weighted by Crippen LogP contribution is -2.35. The molecule has 150 valence electrons. The number of anilines is 1. The van der Waals surface area contributed by atoms with E-state index in [-0.39, 0.29) is 5.91 Å². The number of fused-ring (bicyclic) bond motifs is 2. The Hall–Kier alpha value is -2.63. The highest BCUT2D eigenvalue weighted by molar-refractivity contribution is 9.10. The quantitative estimate of drug-likeness (QED) is 0.345. The molecule has 1 aromatic heterocycles. The minimum Gasteiger partial charge on any atom is -0.364 e. The molecule has 3 nitrogen and oxygen atoms in total. The van der Waals surface area contributed by atoms with E-state index in [0.717, 1.165) is 33.9 Å². The molecule has 2 heterocycles. The molecule has 0 N–H and O–H groups in total. The molecule has 5 rings (SSSR count). The lowest BCUT2D eigenvalue weighted by atomic mass is 10.0. The summed E-state index contributed by atoms with van der Waals surface area (Å²) in [6.45, 7) is 2.98. The maximum Gasteiger partial charge on any atom is 0.254 e. The molecule has 1 amide bonds. The monoisotopic (exact) mass is 476 g/mol. The first kappa shape index (κ1) is 19.3. The van der Waals surface area contributed by atoms with Crippen LogP contribution in [0.1, 0.15) is 20.8 Å². The zero-order valence-electron chi connectivity index (χ0n) is 16.4. The van der Waals surface area contributed by atoms with Crippen molar-refractivity contribution in [1.82, 2.24) is 4.90 Å². The number of halogens is 1. The number of carbonyl (C=O) groups excluding carboxylic acids is 1. The average Bonchev–Trinajstić information content (AvgIpc) is 3.21. The molecule has 0 saturated heterocycles. The van der Waals surface area contributed by atoms with E-state index in [4.69, 9.17) is 0 Å². The van der Waals surface area contributed by atoms with Gasteiger partial charge in [-0.05, 0) is 52.0 Å². The van der Waals surface area contributed by atoms with Crippen LogP contribution in [0.3, 0.4) is 0 Å². The van der Waals surface area contributed by atoms with Crippen LogP contribution >= 0.6 is 27.3 Å². The van der Waals surface area contributed by atoms with Gasteiger partial charge in [0.2, 0.25) is 0 Å². The van der Waals surface area contributed by atoms with Gasteiger partial charge in [0.1, 0.15) is 0 Å². The molecule has 4 aromatic rings. The molecule has 1 aliphatic rings. The summed E-state index contributed by atoms with van der Waals surface area (Å²) in [5.74, 6) is 0.0932. The molecule has 0 radical (unpaired) electrons. The summed E-state index contributed by atoms with van der Waals surface area (Å²) in [7, 11) is 0. The fraction of sp³-hybridized carbons (Fsp3) is 0.160. The molecule has 30 heavy (non-hydrogen) atoms. The maximum atomic E-state index is 13.6. The zero-order valence-corrected chi connectivity index (χ0v) is 18.8. The summed E-state index contributed by atoms with van der Waals surface area (Å²) < 4.78 is 1.04. The van der Waals surface area contributed by atoms with Crippen molar-refractivity contribution in [2.75, 3.05) is 18.0 Å². The van der Waals surface area contributed by atoms with E-state index in [1.165, 1.54) is 16.1 Å². The van der Waals surface area contributed by atoms with Gasteiger partial charge in [-0.25, -0.2) is 0 Å². The molecule has 5 heteroatoms. The Morgan fingerprint density at radius 2 is 1.83 bits per heavy atom. The Kier molecular flexibility index (Phi) is 5.32. The number of nitrogens with zero attached hydrogens (tertiary/aromatic N) is 2. The summed E-state index contributed by atoms with van der Waals surface area (Å²) >= 11 is 5.39. The highest BCUT2D eigenvalue weighted by Crippen LogP contribution is 2.31. The van der Waals surface area contributed by atoms with E-state index in [9.17, 15) is 4.79 Å². The Labute approximate surface area is 188 Å². The molecule has 0 spiro atoms. The van der Waals surface area contributed by atoms with Gasteiger partial charge in [-0.3, -0.25) is 4.79 Å². The number of carbonyl (C=O) groups is 1. The van der Waals surface area contributed by atoms with Crippen molar-refractivity contribution in [2.24, 2.45) is 0 Å². The minimum absolute atomic E-state index is 0.0932. The molecule has 0 fully saturated rings. The summed E-state index contributed by atoms with van der Waals surface area (Å²) in [4.78, 5) is 19.3. The lowest BCUT2D eigenvalue weighted by Gasteiger charge is -2.24. The normalized spacial score (nSPS) is 13.9. The number of rotatable bonds is 3. The van der Waals surface area contributed by atoms with Gasteiger partial charge in [0.05, 0.1) is 6.54 Å². The van der Waals surface area contributed by atoms with E-state index < -0.39 is 0 Å². The van der Waals surface area contributed by atoms with Crippen molar-refractivity contribution in [3.8, 4) is 0 Å². The van der Waals surface area contributed by atoms with Gasteiger partial charge in [0, 0.05) is 40.2 Å². The van der Waals surface area contributed by atoms with Crippen LogP contribution < -0.4 is 4.90 Å². The molecule has 0 unspecified atom stereocenters. The first-order valence-corrected chi connectivity index (χ1v) is 11.7. The van der Waals surface area contributed by atoms with Crippen molar-refractivity contribution in [3.05, 3.63) is 98.7 Å². The third-order valence-electron chi connectivity index (χ3n) is 5.62. The van der Waals surface area contributed by atoms with Gasteiger partial charge >= 0.3 is 0 Å². The van der Waals surface area contributed by atoms with Crippen molar-refractivity contribution >= 4 is 49.6 Å². The summed E-state index contributed by atoms with van der Waals surface area (Å²) in [5.41, 5.74) is 3.16. The molecule has 0 atom stereocenters. The van der Waals surface area contributed by atoms with E-state index in [1.54, 1.807) is 11.3 Å².